The van der Waals surface area contributed by atoms with Gasteiger partial charge in [-0.05, 0) is 31.9 Å². The van der Waals surface area contributed by atoms with Crippen molar-refractivity contribution in [3.05, 3.63) is 54.5 Å². The van der Waals surface area contributed by atoms with Crippen molar-refractivity contribution in [3.63, 3.8) is 0 Å². The van der Waals surface area contributed by atoms with Gasteiger partial charge in [0.05, 0.1) is 11.7 Å². The van der Waals surface area contributed by atoms with Crippen molar-refractivity contribution in [3.8, 4) is 11.1 Å². The Morgan fingerprint density at radius 1 is 1.16 bits per heavy atom. The number of carbonyl (C=O) groups excluding carboxylic acids is 1. The van der Waals surface area contributed by atoms with Gasteiger partial charge >= 0.3 is 0 Å². The molecule has 31 heavy (non-hydrogen) atoms. The van der Waals surface area contributed by atoms with Crippen LogP contribution in [0.4, 0.5) is 5.82 Å². The highest BCUT2D eigenvalue weighted by Crippen LogP contribution is 2.30. The third-order valence-corrected chi connectivity index (χ3v) is 6.15. The summed E-state index contributed by atoms with van der Waals surface area (Å²) in [6.45, 7) is 3.48. The van der Waals surface area contributed by atoms with Crippen molar-refractivity contribution < 1.29 is 4.79 Å². The Hall–Kier alpha value is -3.52. The summed E-state index contributed by atoms with van der Waals surface area (Å²) in [6, 6.07) is 12.2. The number of piperidine rings is 1. The largest absolute Gasteiger partial charge is 0.370 e. The molecule has 8 heteroatoms. The van der Waals surface area contributed by atoms with E-state index in [1.54, 1.807) is 0 Å². The Morgan fingerprint density at radius 3 is 2.71 bits per heavy atom. The quantitative estimate of drug-likeness (QED) is 0.529. The minimum Gasteiger partial charge on any atom is -0.370 e. The van der Waals surface area contributed by atoms with Crippen LogP contribution in [0.1, 0.15) is 25.0 Å². The zero-order valence-corrected chi connectivity index (χ0v) is 17.5. The highest BCUT2D eigenvalue weighted by molar-refractivity contribution is 5.87. The van der Waals surface area contributed by atoms with Gasteiger partial charge in [0.1, 0.15) is 5.82 Å². The monoisotopic (exact) mass is 415 g/mol. The number of aryl methyl sites for hydroxylation is 1. The van der Waals surface area contributed by atoms with Gasteiger partial charge in [-0.25, -0.2) is 9.50 Å². The topological polar surface area (TPSA) is 115 Å². The van der Waals surface area contributed by atoms with Crippen molar-refractivity contribution in [1.82, 2.24) is 19.6 Å². The Labute approximate surface area is 179 Å². The van der Waals surface area contributed by atoms with Crippen LogP contribution in [0.5, 0.6) is 0 Å². The first-order valence-electron chi connectivity index (χ1n) is 10.4. The van der Waals surface area contributed by atoms with Crippen molar-refractivity contribution in [1.29, 1.82) is 0 Å². The number of benzene rings is 1. The van der Waals surface area contributed by atoms with Crippen molar-refractivity contribution >= 4 is 28.3 Å². The van der Waals surface area contributed by atoms with Crippen LogP contribution >= 0.6 is 0 Å². The number of aromatic nitrogens is 4. The van der Waals surface area contributed by atoms with Crippen LogP contribution in [0.3, 0.4) is 0 Å². The Kier molecular flexibility index (Phi) is 4.59. The highest BCUT2D eigenvalue weighted by atomic mass is 16.1. The second kappa shape index (κ2) is 7.31. The number of fused-ring (bicyclic) bond motifs is 2. The van der Waals surface area contributed by atoms with E-state index in [0.29, 0.717) is 12.8 Å². The summed E-state index contributed by atoms with van der Waals surface area (Å²) in [5.74, 6) is 0.542. The number of primary amides is 1. The second-order valence-electron chi connectivity index (χ2n) is 8.46. The molecule has 1 aromatic carbocycles. The normalized spacial score (nSPS) is 16.1. The standard InChI is InChI=1S/C23H25N7O/c1-15-10-21(29-8-6-23(25,7-9-29)12-20(24)31)28-22-18(14-27-30(15)22)17-11-16-4-2-3-5-19(16)26-13-17/h2-5,10-11,13-14H,6-9,12,25H2,1H3,(H2,24,31). The molecular weight excluding hydrogens is 390 g/mol. The number of carbonyl (C=O) groups is 1. The van der Waals surface area contributed by atoms with Gasteiger partial charge in [0, 0.05) is 59.5 Å². The molecule has 1 saturated heterocycles. The maximum Gasteiger partial charge on any atom is 0.219 e. The first kappa shape index (κ1) is 19.4. The fraction of sp³-hybridized carbons (Fsp3) is 0.304. The number of amides is 1. The number of hydrogen-bond acceptors (Lipinski definition) is 6. The van der Waals surface area contributed by atoms with E-state index < -0.39 is 5.54 Å². The molecule has 0 radical (unpaired) electrons. The lowest BCUT2D eigenvalue weighted by Gasteiger charge is -2.39. The molecule has 1 aliphatic heterocycles. The molecule has 158 valence electrons. The zero-order chi connectivity index (χ0) is 21.6. The summed E-state index contributed by atoms with van der Waals surface area (Å²) in [5, 5.41) is 5.63. The number of pyridine rings is 1. The maximum atomic E-state index is 11.3. The minimum absolute atomic E-state index is 0.216. The van der Waals surface area contributed by atoms with E-state index in [0.717, 1.165) is 52.3 Å². The summed E-state index contributed by atoms with van der Waals surface area (Å²) in [5.41, 5.74) is 15.9. The van der Waals surface area contributed by atoms with Crippen LogP contribution in [-0.4, -0.2) is 44.1 Å². The van der Waals surface area contributed by atoms with Crippen molar-refractivity contribution in [2.75, 3.05) is 18.0 Å². The smallest absolute Gasteiger partial charge is 0.219 e. The summed E-state index contributed by atoms with van der Waals surface area (Å²) in [6.07, 6.45) is 5.33. The number of anilines is 1. The van der Waals surface area contributed by atoms with Crippen LogP contribution in [-0.2, 0) is 4.79 Å². The second-order valence-corrected chi connectivity index (χ2v) is 8.46. The number of para-hydroxylation sites is 1. The number of nitrogens with two attached hydrogens (primary N) is 2. The fourth-order valence-corrected chi connectivity index (χ4v) is 4.39. The van der Waals surface area contributed by atoms with E-state index in [1.807, 2.05) is 48.1 Å². The number of hydrogen-bond donors (Lipinski definition) is 2. The Morgan fingerprint density at radius 2 is 1.94 bits per heavy atom. The lowest BCUT2D eigenvalue weighted by Crippen LogP contribution is -2.52. The third-order valence-electron chi connectivity index (χ3n) is 6.15. The summed E-state index contributed by atoms with van der Waals surface area (Å²) in [4.78, 5) is 23.1. The molecule has 0 unspecified atom stereocenters. The minimum atomic E-state index is -0.528. The molecule has 1 aliphatic rings. The molecule has 5 rings (SSSR count). The Balaban J connectivity index is 1.50. The van der Waals surface area contributed by atoms with E-state index in [-0.39, 0.29) is 12.3 Å². The number of nitrogens with zero attached hydrogens (tertiary/aromatic N) is 5. The predicted molar refractivity (Wildman–Crippen MR) is 121 cm³/mol. The van der Waals surface area contributed by atoms with Crippen molar-refractivity contribution in [2.45, 2.75) is 31.7 Å². The molecule has 8 nitrogen and oxygen atoms in total. The van der Waals surface area contributed by atoms with E-state index in [9.17, 15) is 4.79 Å². The van der Waals surface area contributed by atoms with Gasteiger partial charge in [-0.2, -0.15) is 5.10 Å². The molecule has 0 spiro atoms. The first-order valence-corrected chi connectivity index (χ1v) is 10.4. The van der Waals surface area contributed by atoms with Crippen molar-refractivity contribution in [2.24, 2.45) is 11.5 Å². The average molecular weight is 416 g/mol. The maximum absolute atomic E-state index is 11.3. The predicted octanol–water partition coefficient (Wildman–Crippen LogP) is 2.43. The molecule has 0 saturated carbocycles. The number of rotatable bonds is 4. The molecule has 1 amide bonds. The highest BCUT2D eigenvalue weighted by Gasteiger charge is 2.33. The van der Waals surface area contributed by atoms with E-state index in [1.165, 1.54) is 0 Å². The molecule has 1 fully saturated rings. The van der Waals surface area contributed by atoms with Crippen LogP contribution in [0, 0.1) is 6.92 Å². The van der Waals surface area contributed by atoms with E-state index in [2.05, 4.69) is 27.1 Å². The summed E-state index contributed by atoms with van der Waals surface area (Å²) in [7, 11) is 0. The van der Waals surface area contributed by atoms with Crippen LogP contribution in [0.15, 0.2) is 48.8 Å². The Bertz CT molecular complexity index is 1290. The molecule has 4 N–H and O–H groups in total. The summed E-state index contributed by atoms with van der Waals surface area (Å²) >= 11 is 0. The van der Waals surface area contributed by atoms with Gasteiger partial charge in [0.2, 0.25) is 5.91 Å². The van der Waals surface area contributed by atoms with Gasteiger partial charge in [-0.1, -0.05) is 18.2 Å². The van der Waals surface area contributed by atoms with Gasteiger partial charge in [-0.3, -0.25) is 9.78 Å². The molecule has 4 aromatic rings. The summed E-state index contributed by atoms with van der Waals surface area (Å²) < 4.78 is 1.86. The van der Waals surface area contributed by atoms with Gasteiger partial charge in [0.25, 0.3) is 0 Å². The molecule has 0 bridgehead atoms. The lowest BCUT2D eigenvalue weighted by atomic mass is 9.85. The van der Waals surface area contributed by atoms with E-state index >= 15 is 0 Å². The zero-order valence-electron chi connectivity index (χ0n) is 17.5. The van der Waals surface area contributed by atoms with Crippen LogP contribution in [0.25, 0.3) is 27.7 Å². The molecular formula is C23H25N7O. The van der Waals surface area contributed by atoms with Crippen LogP contribution in [0.2, 0.25) is 0 Å². The lowest BCUT2D eigenvalue weighted by molar-refractivity contribution is -0.119. The van der Waals surface area contributed by atoms with Crippen LogP contribution < -0.4 is 16.4 Å². The van der Waals surface area contributed by atoms with Gasteiger partial charge in [-0.15, -0.1) is 0 Å². The van der Waals surface area contributed by atoms with Gasteiger partial charge < -0.3 is 16.4 Å². The SMILES string of the molecule is Cc1cc(N2CCC(N)(CC(N)=O)CC2)nc2c(-c3cnc4ccccc4c3)cnn12. The van der Waals surface area contributed by atoms with E-state index in [4.69, 9.17) is 16.5 Å². The molecule has 3 aromatic heterocycles. The average Bonchev–Trinajstić information content (AvgIpc) is 3.18. The molecule has 0 atom stereocenters. The third kappa shape index (κ3) is 3.59. The van der Waals surface area contributed by atoms with Gasteiger partial charge in [0.15, 0.2) is 5.65 Å². The molecule has 4 heterocycles. The first-order chi connectivity index (χ1) is 14.9. The fourth-order valence-electron chi connectivity index (χ4n) is 4.39. The molecule has 0 aliphatic carbocycles.